The lowest BCUT2D eigenvalue weighted by Crippen LogP contribution is -2.33. The van der Waals surface area contributed by atoms with E-state index in [1.807, 2.05) is 12.1 Å². The third-order valence-corrected chi connectivity index (χ3v) is 4.89. The van der Waals surface area contributed by atoms with E-state index in [0.717, 1.165) is 31.6 Å². The van der Waals surface area contributed by atoms with Crippen LogP contribution in [0.5, 0.6) is 0 Å². The third-order valence-electron chi connectivity index (χ3n) is 4.64. The molecular weight excluding hydrogens is 352 g/mol. The van der Waals surface area contributed by atoms with Crippen molar-refractivity contribution < 1.29 is 9.32 Å². The molecule has 26 heavy (non-hydrogen) atoms. The van der Waals surface area contributed by atoms with Gasteiger partial charge in [-0.1, -0.05) is 16.8 Å². The van der Waals surface area contributed by atoms with Crippen LogP contribution in [0.4, 0.5) is 0 Å². The molecule has 3 rings (SSSR count). The van der Waals surface area contributed by atoms with Gasteiger partial charge in [0.05, 0.1) is 0 Å². The molecule has 0 bridgehead atoms. The number of aryl methyl sites for hydroxylation is 1. The summed E-state index contributed by atoms with van der Waals surface area (Å²) in [5, 5.41) is 11.1. The summed E-state index contributed by atoms with van der Waals surface area (Å²) in [5.74, 6) is 1.87. The van der Waals surface area contributed by atoms with Crippen molar-refractivity contribution in [3.63, 3.8) is 0 Å². The fourth-order valence-corrected chi connectivity index (χ4v) is 3.27. The Morgan fingerprint density at radius 3 is 2.96 bits per heavy atom. The van der Waals surface area contributed by atoms with Crippen LogP contribution < -0.4 is 10.6 Å². The SMILES string of the molecule is O=C(CCCc1nc(-c2ccc(Cl)cc2)no1)NCCC1CCCNC1. The lowest BCUT2D eigenvalue weighted by atomic mass is 9.96. The van der Waals surface area contributed by atoms with Gasteiger partial charge in [0.1, 0.15) is 0 Å². The first-order valence-electron chi connectivity index (χ1n) is 9.26. The number of aromatic nitrogens is 2. The van der Waals surface area contributed by atoms with E-state index in [4.69, 9.17) is 16.1 Å². The van der Waals surface area contributed by atoms with E-state index < -0.39 is 0 Å². The molecule has 1 aliphatic rings. The van der Waals surface area contributed by atoms with Crippen LogP contribution in [0.3, 0.4) is 0 Å². The molecule has 0 saturated carbocycles. The van der Waals surface area contributed by atoms with Gasteiger partial charge in [-0.15, -0.1) is 0 Å². The van der Waals surface area contributed by atoms with Crippen molar-refractivity contribution in [3.8, 4) is 11.4 Å². The Balaban J connectivity index is 1.34. The number of amides is 1. The summed E-state index contributed by atoms with van der Waals surface area (Å²) in [6.45, 7) is 2.95. The number of nitrogens with one attached hydrogen (secondary N) is 2. The van der Waals surface area contributed by atoms with E-state index in [-0.39, 0.29) is 5.91 Å². The molecule has 1 fully saturated rings. The van der Waals surface area contributed by atoms with Gasteiger partial charge in [-0.05, 0) is 69.0 Å². The Bertz CT molecular complexity index is 696. The summed E-state index contributed by atoms with van der Waals surface area (Å²) >= 11 is 5.88. The summed E-state index contributed by atoms with van der Waals surface area (Å²) in [6, 6.07) is 7.29. The highest BCUT2D eigenvalue weighted by molar-refractivity contribution is 6.30. The van der Waals surface area contributed by atoms with E-state index in [0.29, 0.717) is 41.9 Å². The summed E-state index contributed by atoms with van der Waals surface area (Å²) in [4.78, 5) is 16.3. The highest BCUT2D eigenvalue weighted by Crippen LogP contribution is 2.19. The molecule has 1 atom stereocenters. The predicted octanol–water partition coefficient (Wildman–Crippen LogP) is 3.22. The zero-order valence-electron chi connectivity index (χ0n) is 14.8. The second kappa shape index (κ2) is 9.69. The third kappa shape index (κ3) is 5.81. The zero-order chi connectivity index (χ0) is 18.2. The standard InChI is InChI=1S/C19H25ClN4O2/c20-16-8-6-15(7-9-16)19-23-18(26-24-19)5-1-4-17(25)22-12-10-14-3-2-11-21-13-14/h6-9,14,21H,1-5,10-13H2,(H,22,25). The van der Waals surface area contributed by atoms with Crippen molar-refractivity contribution in [2.45, 2.75) is 38.5 Å². The topological polar surface area (TPSA) is 80.0 Å². The Hall–Kier alpha value is -1.92. The second-order valence-electron chi connectivity index (χ2n) is 6.72. The molecule has 1 aromatic heterocycles. The lowest BCUT2D eigenvalue weighted by Gasteiger charge is -2.22. The number of carbonyl (C=O) groups is 1. The van der Waals surface area contributed by atoms with Crippen molar-refractivity contribution >= 4 is 17.5 Å². The Kier molecular flexibility index (Phi) is 7.03. The lowest BCUT2D eigenvalue weighted by molar-refractivity contribution is -0.121. The van der Waals surface area contributed by atoms with Crippen molar-refractivity contribution in [3.05, 3.63) is 35.2 Å². The van der Waals surface area contributed by atoms with Gasteiger partial charge in [-0.3, -0.25) is 4.79 Å². The maximum Gasteiger partial charge on any atom is 0.226 e. The molecule has 140 valence electrons. The van der Waals surface area contributed by atoms with Gasteiger partial charge in [0.2, 0.25) is 17.6 Å². The molecule has 1 aliphatic heterocycles. The van der Waals surface area contributed by atoms with Gasteiger partial charge in [0, 0.05) is 30.0 Å². The van der Waals surface area contributed by atoms with E-state index in [1.165, 1.54) is 12.8 Å². The number of nitrogens with zero attached hydrogens (tertiary/aromatic N) is 2. The molecule has 2 N–H and O–H groups in total. The van der Waals surface area contributed by atoms with Crippen molar-refractivity contribution in [1.29, 1.82) is 0 Å². The molecule has 1 aromatic carbocycles. The normalized spacial score (nSPS) is 17.2. The number of hydrogen-bond acceptors (Lipinski definition) is 5. The van der Waals surface area contributed by atoms with Crippen LogP contribution >= 0.6 is 11.6 Å². The van der Waals surface area contributed by atoms with E-state index >= 15 is 0 Å². The predicted molar refractivity (Wildman–Crippen MR) is 101 cm³/mol. The fourth-order valence-electron chi connectivity index (χ4n) is 3.15. The van der Waals surface area contributed by atoms with Crippen LogP contribution in [0.2, 0.25) is 5.02 Å². The van der Waals surface area contributed by atoms with Crippen LogP contribution in [0.25, 0.3) is 11.4 Å². The van der Waals surface area contributed by atoms with Crippen LogP contribution in [0.1, 0.15) is 38.0 Å². The first-order valence-corrected chi connectivity index (χ1v) is 9.64. The zero-order valence-corrected chi connectivity index (χ0v) is 15.6. The molecule has 0 spiro atoms. The van der Waals surface area contributed by atoms with E-state index in [9.17, 15) is 4.79 Å². The molecule has 0 radical (unpaired) electrons. The molecule has 1 amide bonds. The number of hydrogen-bond donors (Lipinski definition) is 2. The maximum atomic E-state index is 11.9. The highest BCUT2D eigenvalue weighted by Gasteiger charge is 2.13. The van der Waals surface area contributed by atoms with Gasteiger partial charge in [0.15, 0.2) is 0 Å². The van der Waals surface area contributed by atoms with Crippen LogP contribution in [-0.4, -0.2) is 35.7 Å². The Labute approximate surface area is 158 Å². The number of halogens is 1. The number of carbonyl (C=O) groups excluding carboxylic acids is 1. The highest BCUT2D eigenvalue weighted by atomic mass is 35.5. The molecular formula is C19H25ClN4O2. The minimum atomic E-state index is 0.0891. The van der Waals surface area contributed by atoms with Crippen molar-refractivity contribution in [2.75, 3.05) is 19.6 Å². The maximum absolute atomic E-state index is 11.9. The van der Waals surface area contributed by atoms with E-state index in [1.54, 1.807) is 12.1 Å². The molecule has 2 aromatic rings. The van der Waals surface area contributed by atoms with Crippen molar-refractivity contribution in [2.24, 2.45) is 5.92 Å². The average Bonchev–Trinajstić information content (AvgIpc) is 3.12. The first-order chi connectivity index (χ1) is 12.7. The Morgan fingerprint density at radius 2 is 2.19 bits per heavy atom. The molecule has 0 aliphatic carbocycles. The Morgan fingerprint density at radius 1 is 1.35 bits per heavy atom. The molecule has 2 heterocycles. The van der Waals surface area contributed by atoms with Crippen LogP contribution in [0, 0.1) is 5.92 Å². The van der Waals surface area contributed by atoms with Crippen LogP contribution in [-0.2, 0) is 11.2 Å². The summed E-state index contributed by atoms with van der Waals surface area (Å²) < 4.78 is 5.26. The monoisotopic (exact) mass is 376 g/mol. The van der Waals surface area contributed by atoms with E-state index in [2.05, 4.69) is 20.8 Å². The summed E-state index contributed by atoms with van der Waals surface area (Å²) in [5.41, 5.74) is 0.861. The number of piperidine rings is 1. The number of benzene rings is 1. The smallest absolute Gasteiger partial charge is 0.226 e. The quantitative estimate of drug-likeness (QED) is 0.739. The van der Waals surface area contributed by atoms with Gasteiger partial charge in [-0.25, -0.2) is 0 Å². The average molecular weight is 377 g/mol. The molecule has 6 nitrogen and oxygen atoms in total. The fraction of sp³-hybridized carbons (Fsp3) is 0.526. The number of rotatable bonds is 8. The molecule has 1 unspecified atom stereocenters. The summed E-state index contributed by atoms with van der Waals surface area (Å²) in [6.07, 6.45) is 5.31. The first kappa shape index (κ1) is 18.9. The molecule has 1 saturated heterocycles. The minimum Gasteiger partial charge on any atom is -0.356 e. The van der Waals surface area contributed by atoms with Gasteiger partial charge in [-0.2, -0.15) is 4.98 Å². The van der Waals surface area contributed by atoms with Crippen molar-refractivity contribution in [1.82, 2.24) is 20.8 Å². The van der Waals surface area contributed by atoms with Gasteiger partial charge >= 0.3 is 0 Å². The molecule has 7 heteroatoms. The summed E-state index contributed by atoms with van der Waals surface area (Å²) in [7, 11) is 0. The second-order valence-corrected chi connectivity index (χ2v) is 7.16. The minimum absolute atomic E-state index is 0.0891. The largest absolute Gasteiger partial charge is 0.356 e. The van der Waals surface area contributed by atoms with Gasteiger partial charge < -0.3 is 15.2 Å². The van der Waals surface area contributed by atoms with Crippen LogP contribution in [0.15, 0.2) is 28.8 Å². The van der Waals surface area contributed by atoms with Gasteiger partial charge in [0.25, 0.3) is 0 Å².